The molecule has 0 saturated carbocycles. The van der Waals surface area contributed by atoms with Crippen LogP contribution in [0.25, 0.3) is 0 Å². The Morgan fingerprint density at radius 1 is 1.28 bits per heavy atom. The molecule has 0 bridgehead atoms. The smallest absolute Gasteiger partial charge is 0.236 e. The number of aliphatic hydroxyl groups excluding tert-OH is 1. The second kappa shape index (κ2) is 5.83. The lowest BCUT2D eigenvalue weighted by Gasteiger charge is -2.29. The molecule has 1 aliphatic rings. The lowest BCUT2D eigenvalue weighted by atomic mass is 9.81. The zero-order chi connectivity index (χ0) is 13.9. The van der Waals surface area contributed by atoms with Crippen molar-refractivity contribution < 1.29 is 14.7 Å². The van der Waals surface area contributed by atoms with Gasteiger partial charge in [0, 0.05) is 6.42 Å². The average molecular weight is 255 g/mol. The monoisotopic (exact) mass is 255 g/mol. The minimum absolute atomic E-state index is 0.0859. The molecule has 2 amide bonds. The van der Waals surface area contributed by atoms with Gasteiger partial charge in [-0.1, -0.05) is 27.7 Å². The maximum atomic E-state index is 12.5. The van der Waals surface area contributed by atoms with Crippen molar-refractivity contribution in [3.05, 3.63) is 0 Å². The standard InChI is InChI=1S/C14H25NO3/c1-5-14(6-2)8-12(17)15(13(14)18)11(9-16)7-10(3)4/h10-11,16H,5-9H2,1-4H3. The van der Waals surface area contributed by atoms with Gasteiger partial charge in [-0.3, -0.25) is 14.5 Å². The van der Waals surface area contributed by atoms with E-state index >= 15 is 0 Å². The molecule has 4 nitrogen and oxygen atoms in total. The number of amides is 2. The van der Waals surface area contributed by atoms with Gasteiger partial charge in [-0.25, -0.2) is 0 Å². The highest BCUT2D eigenvalue weighted by Gasteiger charge is 2.51. The largest absolute Gasteiger partial charge is 0.394 e. The van der Waals surface area contributed by atoms with Gasteiger partial charge >= 0.3 is 0 Å². The van der Waals surface area contributed by atoms with Crippen LogP contribution in [0.2, 0.25) is 0 Å². The van der Waals surface area contributed by atoms with Gasteiger partial charge in [-0.2, -0.15) is 0 Å². The van der Waals surface area contributed by atoms with E-state index in [-0.39, 0.29) is 24.5 Å². The molecule has 1 atom stereocenters. The zero-order valence-corrected chi connectivity index (χ0v) is 11.9. The number of imide groups is 1. The number of carbonyl (C=O) groups excluding carboxylic acids is 2. The zero-order valence-electron chi connectivity index (χ0n) is 11.9. The maximum absolute atomic E-state index is 12.5. The Kier molecular flexibility index (Phi) is 4.91. The normalized spacial score (nSPS) is 20.9. The topological polar surface area (TPSA) is 57.6 Å². The average Bonchev–Trinajstić information content (AvgIpc) is 2.58. The van der Waals surface area contributed by atoms with Crippen LogP contribution in [0.3, 0.4) is 0 Å². The Labute approximate surface area is 109 Å². The molecule has 1 heterocycles. The summed E-state index contributed by atoms with van der Waals surface area (Å²) < 4.78 is 0. The van der Waals surface area contributed by atoms with Crippen LogP contribution < -0.4 is 0 Å². The molecule has 0 aromatic heterocycles. The third-order valence-electron chi connectivity index (χ3n) is 4.10. The van der Waals surface area contributed by atoms with Gasteiger partial charge in [0.05, 0.1) is 18.1 Å². The van der Waals surface area contributed by atoms with Crippen LogP contribution >= 0.6 is 0 Å². The van der Waals surface area contributed by atoms with Gasteiger partial charge in [-0.15, -0.1) is 0 Å². The molecular formula is C14H25NO3. The minimum Gasteiger partial charge on any atom is -0.394 e. The van der Waals surface area contributed by atoms with Crippen LogP contribution in [0.1, 0.15) is 53.4 Å². The molecular weight excluding hydrogens is 230 g/mol. The van der Waals surface area contributed by atoms with Crippen LogP contribution in [-0.2, 0) is 9.59 Å². The van der Waals surface area contributed by atoms with Crippen molar-refractivity contribution in [2.75, 3.05) is 6.61 Å². The predicted molar refractivity (Wildman–Crippen MR) is 69.8 cm³/mol. The summed E-state index contributed by atoms with van der Waals surface area (Å²) in [4.78, 5) is 25.9. The van der Waals surface area contributed by atoms with Crippen molar-refractivity contribution >= 4 is 11.8 Å². The van der Waals surface area contributed by atoms with E-state index in [0.29, 0.717) is 31.6 Å². The SMILES string of the molecule is CCC1(CC)CC(=O)N(C(CO)CC(C)C)C1=O. The van der Waals surface area contributed by atoms with E-state index in [4.69, 9.17) is 0 Å². The number of rotatable bonds is 6. The first-order valence-corrected chi connectivity index (χ1v) is 6.89. The molecule has 1 aliphatic heterocycles. The van der Waals surface area contributed by atoms with Crippen LogP contribution in [-0.4, -0.2) is 34.5 Å². The minimum atomic E-state index is -0.526. The highest BCUT2D eigenvalue weighted by atomic mass is 16.3. The van der Waals surface area contributed by atoms with E-state index in [0.717, 1.165) is 0 Å². The molecule has 18 heavy (non-hydrogen) atoms. The van der Waals surface area contributed by atoms with Crippen LogP contribution in [0.5, 0.6) is 0 Å². The molecule has 0 spiro atoms. The summed E-state index contributed by atoms with van der Waals surface area (Å²) in [5, 5.41) is 9.44. The summed E-state index contributed by atoms with van der Waals surface area (Å²) in [6.07, 6.45) is 2.33. The van der Waals surface area contributed by atoms with Gasteiger partial charge < -0.3 is 5.11 Å². The summed E-state index contributed by atoms with van der Waals surface area (Å²) >= 11 is 0. The number of likely N-dealkylation sites (tertiary alicyclic amines) is 1. The lowest BCUT2D eigenvalue weighted by molar-refractivity contribution is -0.145. The molecule has 104 valence electrons. The number of aliphatic hydroxyl groups is 1. The molecule has 1 rings (SSSR count). The van der Waals surface area contributed by atoms with Crippen LogP contribution in [0.15, 0.2) is 0 Å². The molecule has 4 heteroatoms. The third-order valence-corrected chi connectivity index (χ3v) is 4.10. The van der Waals surface area contributed by atoms with Crippen LogP contribution in [0.4, 0.5) is 0 Å². The fourth-order valence-electron chi connectivity index (χ4n) is 2.80. The number of hydrogen-bond donors (Lipinski definition) is 1. The Morgan fingerprint density at radius 3 is 2.17 bits per heavy atom. The highest BCUT2D eigenvalue weighted by Crippen LogP contribution is 2.40. The molecule has 0 aromatic carbocycles. The Morgan fingerprint density at radius 2 is 1.83 bits per heavy atom. The second-order valence-electron chi connectivity index (χ2n) is 5.70. The summed E-state index contributed by atoms with van der Waals surface area (Å²) in [5.41, 5.74) is -0.526. The molecule has 1 N–H and O–H groups in total. The second-order valence-corrected chi connectivity index (χ2v) is 5.70. The van der Waals surface area contributed by atoms with Gasteiger partial charge in [0.25, 0.3) is 0 Å². The first-order valence-electron chi connectivity index (χ1n) is 6.89. The van der Waals surface area contributed by atoms with Gasteiger partial charge in [0.2, 0.25) is 11.8 Å². The van der Waals surface area contributed by atoms with Crippen molar-refractivity contribution in [1.82, 2.24) is 4.90 Å². The summed E-state index contributed by atoms with van der Waals surface area (Å²) in [5.74, 6) is 0.140. The highest BCUT2D eigenvalue weighted by molar-refractivity contribution is 6.06. The van der Waals surface area contributed by atoms with Gasteiger partial charge in [0.15, 0.2) is 0 Å². The van der Waals surface area contributed by atoms with Crippen molar-refractivity contribution in [1.29, 1.82) is 0 Å². The Bertz CT molecular complexity index is 321. The predicted octanol–water partition coefficient (Wildman–Crippen LogP) is 1.96. The summed E-state index contributed by atoms with van der Waals surface area (Å²) in [6, 6.07) is -0.357. The molecule has 0 aromatic rings. The summed E-state index contributed by atoms with van der Waals surface area (Å²) in [6.45, 7) is 7.82. The van der Waals surface area contributed by atoms with Gasteiger partial charge in [-0.05, 0) is 25.2 Å². The molecule has 0 radical (unpaired) electrons. The van der Waals surface area contributed by atoms with Gasteiger partial charge in [0.1, 0.15) is 0 Å². The van der Waals surface area contributed by atoms with E-state index < -0.39 is 5.41 Å². The van der Waals surface area contributed by atoms with E-state index in [2.05, 4.69) is 0 Å². The molecule has 1 unspecified atom stereocenters. The van der Waals surface area contributed by atoms with Crippen molar-refractivity contribution in [3.8, 4) is 0 Å². The van der Waals surface area contributed by atoms with E-state index in [1.54, 1.807) is 0 Å². The molecule has 1 fully saturated rings. The van der Waals surface area contributed by atoms with Crippen molar-refractivity contribution in [3.63, 3.8) is 0 Å². The fraction of sp³-hybridized carbons (Fsp3) is 0.857. The number of hydrogen-bond acceptors (Lipinski definition) is 3. The first kappa shape index (κ1) is 15.2. The van der Waals surface area contributed by atoms with Crippen LogP contribution in [0, 0.1) is 11.3 Å². The van der Waals surface area contributed by atoms with Crippen molar-refractivity contribution in [2.45, 2.75) is 59.4 Å². The lowest BCUT2D eigenvalue weighted by Crippen LogP contribution is -2.45. The quantitative estimate of drug-likeness (QED) is 0.738. The Hall–Kier alpha value is -0.900. The van der Waals surface area contributed by atoms with Crippen molar-refractivity contribution in [2.24, 2.45) is 11.3 Å². The Balaban J connectivity index is 2.95. The molecule has 0 aliphatic carbocycles. The number of carbonyl (C=O) groups is 2. The summed E-state index contributed by atoms with van der Waals surface area (Å²) in [7, 11) is 0. The number of nitrogens with zero attached hydrogens (tertiary/aromatic N) is 1. The fourth-order valence-corrected chi connectivity index (χ4v) is 2.80. The van der Waals surface area contributed by atoms with E-state index in [1.807, 2.05) is 27.7 Å². The maximum Gasteiger partial charge on any atom is 0.236 e. The van der Waals surface area contributed by atoms with E-state index in [1.165, 1.54) is 4.90 Å². The first-order chi connectivity index (χ1) is 8.41. The van der Waals surface area contributed by atoms with E-state index in [9.17, 15) is 14.7 Å². The third kappa shape index (κ3) is 2.58. The molecule has 1 saturated heterocycles.